The molecule has 7 aromatic carbocycles. The normalized spacial score (nSPS) is 11.8. The molecule has 0 unspecified atom stereocenters. The van der Waals surface area contributed by atoms with Crippen LogP contribution in [0.15, 0.2) is 146 Å². The molecule has 0 aliphatic rings. The molecule has 0 N–H and O–H groups in total. The number of pyridine rings is 2. The minimum absolute atomic E-state index is 0.924. The summed E-state index contributed by atoms with van der Waals surface area (Å²) >= 11 is 0. The number of hydrogen-bond acceptors (Lipinski definition) is 2. The van der Waals surface area contributed by atoms with Crippen molar-refractivity contribution in [1.82, 2.24) is 9.97 Å². The van der Waals surface area contributed by atoms with Gasteiger partial charge in [0.25, 0.3) is 0 Å². The second kappa shape index (κ2) is 8.95. The number of rotatable bonds is 2. The van der Waals surface area contributed by atoms with Crippen molar-refractivity contribution in [2.75, 3.05) is 0 Å². The zero-order chi connectivity index (χ0) is 27.6. The molecule has 2 heterocycles. The lowest BCUT2D eigenvalue weighted by Crippen LogP contribution is -1.93. The third-order valence-electron chi connectivity index (χ3n) is 8.57. The number of aromatic nitrogens is 2. The Balaban J connectivity index is 1.35. The fourth-order valence-electron chi connectivity index (χ4n) is 6.63. The van der Waals surface area contributed by atoms with Gasteiger partial charge in [0.2, 0.25) is 0 Å². The zero-order valence-electron chi connectivity index (χ0n) is 22.8. The second-order valence-corrected chi connectivity index (χ2v) is 11.0. The lowest BCUT2D eigenvalue weighted by atomic mass is 9.93. The van der Waals surface area contributed by atoms with E-state index < -0.39 is 0 Å². The maximum Gasteiger partial charge on any atom is 0.0972 e. The first kappa shape index (κ1) is 23.1. The molecule has 0 spiro atoms. The predicted octanol–water partition coefficient (Wildman–Crippen LogP) is 10.7. The summed E-state index contributed by atoms with van der Waals surface area (Å²) in [4.78, 5) is 10.7. The van der Waals surface area contributed by atoms with E-state index in [0.717, 1.165) is 33.2 Å². The fourth-order valence-corrected chi connectivity index (χ4v) is 6.63. The maximum atomic E-state index is 5.37. The van der Waals surface area contributed by atoms with Crippen molar-refractivity contribution in [3.63, 3.8) is 0 Å². The van der Waals surface area contributed by atoms with Gasteiger partial charge < -0.3 is 0 Å². The van der Waals surface area contributed by atoms with E-state index in [1.54, 1.807) is 0 Å². The summed E-state index contributed by atoms with van der Waals surface area (Å²) in [6, 6.07) is 51.9. The van der Waals surface area contributed by atoms with E-state index in [9.17, 15) is 0 Å². The van der Waals surface area contributed by atoms with Crippen molar-refractivity contribution in [2.45, 2.75) is 0 Å². The first-order valence-electron chi connectivity index (χ1n) is 14.3. The standard InChI is InChI=1S/C40H24N2/c1-5-13-31-27(9-1)23-28-10-2-6-14-32(28)37(31)35-21-19-25-17-18-26-20-22-36(42-40(26)39(25)41-35)38-33-15-7-3-11-29(33)24-30-12-4-8-16-34(30)38/h1-24H. The van der Waals surface area contributed by atoms with Crippen LogP contribution in [0.1, 0.15) is 0 Å². The van der Waals surface area contributed by atoms with Crippen molar-refractivity contribution in [1.29, 1.82) is 0 Å². The molecule has 0 atom stereocenters. The molecule has 0 saturated heterocycles. The lowest BCUT2D eigenvalue weighted by Gasteiger charge is -2.14. The molecule has 42 heavy (non-hydrogen) atoms. The molecule has 0 aliphatic heterocycles. The van der Waals surface area contributed by atoms with Gasteiger partial charge in [0.05, 0.1) is 22.4 Å². The second-order valence-electron chi connectivity index (χ2n) is 11.0. The predicted molar refractivity (Wildman–Crippen MR) is 178 cm³/mol. The van der Waals surface area contributed by atoms with Crippen LogP contribution in [0.25, 0.3) is 87.4 Å². The van der Waals surface area contributed by atoms with E-state index in [4.69, 9.17) is 9.97 Å². The minimum atomic E-state index is 0.924. The molecule has 0 aliphatic carbocycles. The van der Waals surface area contributed by atoms with Gasteiger partial charge in [0, 0.05) is 21.9 Å². The van der Waals surface area contributed by atoms with Crippen LogP contribution in [0.4, 0.5) is 0 Å². The highest BCUT2D eigenvalue weighted by Crippen LogP contribution is 2.39. The lowest BCUT2D eigenvalue weighted by molar-refractivity contribution is 1.38. The Labute approximate surface area is 242 Å². The van der Waals surface area contributed by atoms with Gasteiger partial charge >= 0.3 is 0 Å². The summed E-state index contributed by atoms with van der Waals surface area (Å²) < 4.78 is 0. The summed E-state index contributed by atoms with van der Waals surface area (Å²) in [5.74, 6) is 0. The summed E-state index contributed by atoms with van der Waals surface area (Å²) in [6.07, 6.45) is 0. The van der Waals surface area contributed by atoms with E-state index in [1.165, 1.54) is 54.2 Å². The third-order valence-corrected chi connectivity index (χ3v) is 8.57. The maximum absolute atomic E-state index is 5.37. The van der Waals surface area contributed by atoms with Crippen LogP contribution in [0.3, 0.4) is 0 Å². The number of hydrogen-bond donors (Lipinski definition) is 0. The van der Waals surface area contributed by atoms with Gasteiger partial charge in [0.1, 0.15) is 0 Å². The van der Waals surface area contributed by atoms with Crippen LogP contribution in [-0.2, 0) is 0 Å². The monoisotopic (exact) mass is 532 g/mol. The number of nitrogens with zero attached hydrogens (tertiary/aromatic N) is 2. The Hall–Kier alpha value is -5.60. The molecule has 0 bridgehead atoms. The SMILES string of the molecule is c1ccc2c(-c3ccc4ccc5ccc(-c6c7ccccc7cc7ccccc67)nc5c4n3)c3ccccc3cc2c1. The largest absolute Gasteiger partial charge is 0.245 e. The highest BCUT2D eigenvalue weighted by atomic mass is 14.8. The first-order chi connectivity index (χ1) is 20.8. The van der Waals surface area contributed by atoms with Crippen LogP contribution in [0, 0.1) is 0 Å². The van der Waals surface area contributed by atoms with Gasteiger partial charge in [-0.1, -0.05) is 121 Å². The van der Waals surface area contributed by atoms with Crippen molar-refractivity contribution in [3.05, 3.63) is 146 Å². The van der Waals surface area contributed by atoms with Gasteiger partial charge in [-0.05, 0) is 67.4 Å². The average Bonchev–Trinajstić information content (AvgIpc) is 3.05. The molecule has 194 valence electrons. The Morgan fingerprint density at radius 1 is 0.286 bits per heavy atom. The Kier molecular flexibility index (Phi) is 4.93. The molecule has 2 aromatic heterocycles. The molecule has 9 rings (SSSR count). The van der Waals surface area contributed by atoms with E-state index in [0.29, 0.717) is 0 Å². The smallest absolute Gasteiger partial charge is 0.0972 e. The van der Waals surface area contributed by atoms with E-state index in [2.05, 4.69) is 146 Å². The van der Waals surface area contributed by atoms with Gasteiger partial charge in [0.15, 0.2) is 0 Å². The topological polar surface area (TPSA) is 25.8 Å². The molecule has 9 aromatic rings. The molecule has 0 radical (unpaired) electrons. The van der Waals surface area contributed by atoms with Gasteiger partial charge in [-0.2, -0.15) is 0 Å². The van der Waals surface area contributed by atoms with Crippen LogP contribution < -0.4 is 0 Å². The van der Waals surface area contributed by atoms with Crippen molar-refractivity contribution in [2.24, 2.45) is 0 Å². The third kappa shape index (κ3) is 3.45. The van der Waals surface area contributed by atoms with E-state index in [1.807, 2.05) is 0 Å². The quantitative estimate of drug-likeness (QED) is 0.163. The van der Waals surface area contributed by atoms with Gasteiger partial charge in [-0.15, -0.1) is 0 Å². The summed E-state index contributed by atoms with van der Waals surface area (Å²) in [7, 11) is 0. The molecule has 2 nitrogen and oxygen atoms in total. The Bertz CT molecular complexity index is 2240. The van der Waals surface area contributed by atoms with Crippen LogP contribution in [0.2, 0.25) is 0 Å². The summed E-state index contributed by atoms with van der Waals surface area (Å²) in [5, 5.41) is 11.9. The molecule has 0 fully saturated rings. The molecular formula is C40H24N2. The number of benzene rings is 7. The van der Waals surface area contributed by atoms with Crippen molar-refractivity contribution >= 4 is 64.9 Å². The van der Waals surface area contributed by atoms with Crippen LogP contribution in [-0.4, -0.2) is 9.97 Å². The Morgan fingerprint density at radius 3 is 0.952 bits per heavy atom. The highest BCUT2D eigenvalue weighted by molar-refractivity contribution is 6.15. The van der Waals surface area contributed by atoms with Crippen molar-refractivity contribution < 1.29 is 0 Å². The summed E-state index contributed by atoms with van der Waals surface area (Å²) in [6.45, 7) is 0. The van der Waals surface area contributed by atoms with Crippen LogP contribution >= 0.6 is 0 Å². The molecular weight excluding hydrogens is 508 g/mol. The number of fused-ring (bicyclic) bond motifs is 7. The van der Waals surface area contributed by atoms with Crippen LogP contribution in [0.5, 0.6) is 0 Å². The molecule has 0 amide bonds. The van der Waals surface area contributed by atoms with E-state index >= 15 is 0 Å². The minimum Gasteiger partial charge on any atom is -0.245 e. The van der Waals surface area contributed by atoms with Crippen molar-refractivity contribution in [3.8, 4) is 22.5 Å². The fraction of sp³-hybridized carbons (Fsp3) is 0. The Morgan fingerprint density at radius 2 is 0.595 bits per heavy atom. The molecule has 2 heteroatoms. The first-order valence-corrected chi connectivity index (χ1v) is 14.3. The average molecular weight is 533 g/mol. The van der Waals surface area contributed by atoms with Gasteiger partial charge in [-0.3, -0.25) is 0 Å². The zero-order valence-corrected chi connectivity index (χ0v) is 22.8. The summed E-state index contributed by atoms with van der Waals surface area (Å²) in [5.41, 5.74) is 6.11. The highest BCUT2D eigenvalue weighted by Gasteiger charge is 2.15. The van der Waals surface area contributed by atoms with Gasteiger partial charge in [-0.25, -0.2) is 9.97 Å². The van der Waals surface area contributed by atoms with E-state index in [-0.39, 0.29) is 0 Å². The molecule has 0 saturated carbocycles.